The Hall–Kier alpha value is 0.01000. The van der Waals surface area contributed by atoms with Crippen LogP contribution in [-0.2, 0) is 16.6 Å². The zero-order valence-electron chi connectivity index (χ0n) is 12.5. The summed E-state index contributed by atoms with van der Waals surface area (Å²) in [5.74, 6) is 0.313. The molecule has 1 fully saturated rings. The number of hydrogen-bond donors (Lipinski definition) is 2. The number of halogens is 1. The normalized spacial score (nSPS) is 24.4. The third-order valence-electron chi connectivity index (χ3n) is 3.76. The van der Waals surface area contributed by atoms with Crippen molar-refractivity contribution in [2.45, 2.75) is 30.8 Å². The molecule has 2 heterocycles. The third kappa shape index (κ3) is 4.27. The molecule has 8 heteroatoms. The van der Waals surface area contributed by atoms with Gasteiger partial charge in [0.2, 0.25) is 10.0 Å². The first-order chi connectivity index (χ1) is 9.83. The Morgan fingerprint density at radius 1 is 1.52 bits per heavy atom. The van der Waals surface area contributed by atoms with E-state index < -0.39 is 10.0 Å². The van der Waals surface area contributed by atoms with Crippen LogP contribution in [0.2, 0.25) is 0 Å². The van der Waals surface area contributed by atoms with Gasteiger partial charge in [-0.1, -0.05) is 6.92 Å². The Labute approximate surface area is 139 Å². The maximum absolute atomic E-state index is 12.6. The lowest BCUT2D eigenvalue weighted by Crippen LogP contribution is -2.48. The number of nitrogens with one attached hydrogen (secondary N) is 2. The molecule has 1 aliphatic heterocycles. The van der Waals surface area contributed by atoms with Gasteiger partial charge >= 0.3 is 0 Å². The Morgan fingerprint density at radius 3 is 2.86 bits per heavy atom. The molecule has 1 aromatic rings. The molecular formula is C13H22BrN3O2S2. The maximum Gasteiger partial charge on any atom is 0.242 e. The second kappa shape index (κ2) is 7.06. The molecule has 2 unspecified atom stereocenters. The van der Waals surface area contributed by atoms with Crippen LogP contribution in [0.3, 0.4) is 0 Å². The van der Waals surface area contributed by atoms with Gasteiger partial charge in [-0.2, -0.15) is 0 Å². The Kier molecular flexibility index (Phi) is 5.84. The van der Waals surface area contributed by atoms with E-state index in [1.54, 1.807) is 6.07 Å². The van der Waals surface area contributed by atoms with Crippen molar-refractivity contribution >= 4 is 37.3 Å². The molecule has 0 amide bonds. The van der Waals surface area contributed by atoms with E-state index in [2.05, 4.69) is 44.8 Å². The average molecular weight is 396 g/mol. The average Bonchev–Trinajstić information content (AvgIpc) is 2.75. The maximum atomic E-state index is 12.6. The molecule has 1 aliphatic rings. The summed E-state index contributed by atoms with van der Waals surface area (Å²) in [5, 5.41) is 3.04. The number of likely N-dealkylation sites (tertiary alicyclic amines) is 1. The molecular weight excluding hydrogens is 374 g/mol. The summed E-state index contributed by atoms with van der Waals surface area (Å²) in [4.78, 5) is 3.59. The van der Waals surface area contributed by atoms with Crippen LogP contribution in [0.15, 0.2) is 14.7 Å². The van der Waals surface area contributed by atoms with Crippen LogP contribution >= 0.6 is 27.3 Å². The highest BCUT2D eigenvalue weighted by atomic mass is 79.9. The SMILES string of the molecule is CNCc1cc(S(=O)(=O)NC2CCN(C)CC2C)c(Br)s1. The fourth-order valence-corrected chi connectivity index (χ4v) is 6.71. The minimum absolute atomic E-state index is 0.00532. The van der Waals surface area contributed by atoms with Gasteiger partial charge in [0.25, 0.3) is 0 Å². The minimum atomic E-state index is -3.47. The largest absolute Gasteiger partial charge is 0.315 e. The lowest BCUT2D eigenvalue weighted by atomic mass is 9.95. The highest BCUT2D eigenvalue weighted by molar-refractivity contribution is 9.11. The molecule has 0 aliphatic carbocycles. The van der Waals surface area contributed by atoms with E-state index in [1.807, 2.05) is 7.05 Å². The lowest BCUT2D eigenvalue weighted by Gasteiger charge is -2.34. The van der Waals surface area contributed by atoms with Crippen molar-refractivity contribution in [3.05, 3.63) is 14.7 Å². The topological polar surface area (TPSA) is 61.4 Å². The highest BCUT2D eigenvalue weighted by Crippen LogP contribution is 2.32. The number of sulfonamides is 1. The summed E-state index contributed by atoms with van der Waals surface area (Å²) in [6.45, 7) is 4.61. The van der Waals surface area contributed by atoms with Crippen LogP contribution in [0.5, 0.6) is 0 Å². The van der Waals surface area contributed by atoms with E-state index >= 15 is 0 Å². The molecule has 5 nitrogen and oxygen atoms in total. The Bertz CT molecular complexity index is 588. The van der Waals surface area contributed by atoms with Crippen molar-refractivity contribution in [2.24, 2.45) is 5.92 Å². The number of hydrogen-bond acceptors (Lipinski definition) is 5. The minimum Gasteiger partial charge on any atom is -0.315 e. The Balaban J connectivity index is 2.15. The van der Waals surface area contributed by atoms with Crippen molar-refractivity contribution in [1.29, 1.82) is 0 Å². The fraction of sp³-hybridized carbons (Fsp3) is 0.692. The quantitative estimate of drug-likeness (QED) is 0.798. The van der Waals surface area contributed by atoms with Crippen molar-refractivity contribution in [1.82, 2.24) is 14.9 Å². The number of nitrogens with zero attached hydrogens (tertiary/aromatic N) is 1. The molecule has 0 radical (unpaired) electrons. The zero-order valence-corrected chi connectivity index (χ0v) is 15.7. The second-order valence-electron chi connectivity index (χ2n) is 5.64. The van der Waals surface area contributed by atoms with Crippen LogP contribution in [0.1, 0.15) is 18.2 Å². The van der Waals surface area contributed by atoms with Crippen molar-refractivity contribution in [3.63, 3.8) is 0 Å². The first kappa shape index (κ1) is 17.4. The van der Waals surface area contributed by atoms with Gasteiger partial charge in [0, 0.05) is 24.0 Å². The van der Waals surface area contributed by atoms with E-state index in [9.17, 15) is 8.42 Å². The molecule has 120 valence electrons. The number of rotatable bonds is 5. The Morgan fingerprint density at radius 2 is 2.24 bits per heavy atom. The molecule has 0 bridgehead atoms. The fourth-order valence-electron chi connectivity index (χ4n) is 2.63. The predicted octanol–water partition coefficient (Wildman–Crippen LogP) is 1.85. The summed E-state index contributed by atoms with van der Waals surface area (Å²) < 4.78 is 28.7. The summed E-state index contributed by atoms with van der Waals surface area (Å²) in [5.41, 5.74) is 0. The monoisotopic (exact) mass is 395 g/mol. The molecule has 0 aromatic carbocycles. The smallest absolute Gasteiger partial charge is 0.242 e. The van der Waals surface area contributed by atoms with Gasteiger partial charge in [-0.15, -0.1) is 11.3 Å². The van der Waals surface area contributed by atoms with Crippen LogP contribution in [0.25, 0.3) is 0 Å². The van der Waals surface area contributed by atoms with Gasteiger partial charge in [0.15, 0.2) is 0 Å². The van der Waals surface area contributed by atoms with Gasteiger partial charge in [0.05, 0.1) is 3.79 Å². The molecule has 2 atom stereocenters. The standard InChI is InChI=1S/C13H22BrN3O2S2/c1-9-8-17(3)5-4-11(9)16-21(18,19)12-6-10(7-15-2)20-13(12)14/h6,9,11,15-16H,4-5,7-8H2,1-3H3. The van der Waals surface area contributed by atoms with E-state index in [0.717, 1.165) is 24.4 Å². The summed E-state index contributed by atoms with van der Waals surface area (Å²) in [6, 6.07) is 1.75. The first-order valence-corrected chi connectivity index (χ1v) is 10.1. The molecule has 0 saturated carbocycles. The van der Waals surface area contributed by atoms with Crippen LogP contribution < -0.4 is 10.0 Å². The molecule has 2 rings (SSSR count). The molecule has 1 saturated heterocycles. The van der Waals surface area contributed by atoms with Gasteiger partial charge in [0.1, 0.15) is 4.90 Å². The zero-order chi connectivity index (χ0) is 15.6. The van der Waals surface area contributed by atoms with E-state index in [-0.39, 0.29) is 6.04 Å². The van der Waals surface area contributed by atoms with Crippen LogP contribution in [0, 0.1) is 5.92 Å². The first-order valence-electron chi connectivity index (χ1n) is 6.97. The predicted molar refractivity (Wildman–Crippen MR) is 90.2 cm³/mol. The lowest BCUT2D eigenvalue weighted by molar-refractivity contribution is 0.188. The van der Waals surface area contributed by atoms with E-state index in [1.165, 1.54) is 11.3 Å². The van der Waals surface area contributed by atoms with E-state index in [0.29, 0.717) is 21.1 Å². The van der Waals surface area contributed by atoms with Crippen molar-refractivity contribution < 1.29 is 8.42 Å². The van der Waals surface area contributed by atoms with Gasteiger partial charge in [-0.05, 0) is 55.0 Å². The molecule has 1 aromatic heterocycles. The van der Waals surface area contributed by atoms with Crippen LogP contribution in [0.4, 0.5) is 0 Å². The van der Waals surface area contributed by atoms with Crippen molar-refractivity contribution in [2.75, 3.05) is 27.2 Å². The molecule has 2 N–H and O–H groups in total. The summed E-state index contributed by atoms with van der Waals surface area (Å²) >= 11 is 4.83. The van der Waals surface area contributed by atoms with Crippen LogP contribution in [-0.4, -0.2) is 46.5 Å². The van der Waals surface area contributed by atoms with Crippen molar-refractivity contribution in [3.8, 4) is 0 Å². The summed E-state index contributed by atoms with van der Waals surface area (Å²) in [7, 11) is 0.446. The summed E-state index contributed by atoms with van der Waals surface area (Å²) in [6.07, 6.45) is 0.849. The number of thiophene rings is 1. The van der Waals surface area contributed by atoms with Gasteiger partial charge in [-0.3, -0.25) is 0 Å². The third-order valence-corrected chi connectivity index (χ3v) is 7.50. The van der Waals surface area contributed by atoms with Gasteiger partial charge in [-0.25, -0.2) is 13.1 Å². The highest BCUT2D eigenvalue weighted by Gasteiger charge is 2.30. The second-order valence-corrected chi connectivity index (χ2v) is 9.77. The molecule has 21 heavy (non-hydrogen) atoms. The van der Waals surface area contributed by atoms with E-state index in [4.69, 9.17) is 0 Å². The van der Waals surface area contributed by atoms with Gasteiger partial charge < -0.3 is 10.2 Å². The number of piperidine rings is 1. The molecule has 0 spiro atoms.